The number of oxazole rings is 1. The molecular weight excluding hydrogens is 274 g/mol. The van der Waals surface area contributed by atoms with Crippen LogP contribution < -0.4 is 10.6 Å². The summed E-state index contributed by atoms with van der Waals surface area (Å²) < 4.78 is 5.61. The van der Waals surface area contributed by atoms with Crippen LogP contribution in [-0.2, 0) is 11.2 Å². The molecule has 2 aromatic heterocycles. The van der Waals surface area contributed by atoms with E-state index in [4.69, 9.17) is 4.42 Å². The molecule has 0 aromatic carbocycles. The van der Waals surface area contributed by atoms with Crippen molar-refractivity contribution >= 4 is 17.2 Å². The number of aryl methyl sites for hydroxylation is 1. The zero-order chi connectivity index (χ0) is 14.4. The third-order valence-corrected chi connectivity index (χ3v) is 3.60. The predicted molar refractivity (Wildman–Crippen MR) is 79.8 cm³/mol. The van der Waals surface area contributed by atoms with Crippen LogP contribution in [0, 0.1) is 6.92 Å². The molecule has 0 aliphatic carbocycles. The fourth-order valence-electron chi connectivity index (χ4n) is 1.81. The number of rotatable bonds is 7. The number of nitrogens with zero attached hydrogens (tertiary/aromatic N) is 1. The lowest BCUT2D eigenvalue weighted by Gasteiger charge is -2.03. The molecule has 0 unspecified atom stereocenters. The van der Waals surface area contributed by atoms with Crippen molar-refractivity contribution in [2.45, 2.75) is 19.8 Å². The SMILES string of the molecule is CNCCCNC(=O)Cc1nc(-c2ccsc2)oc1C. The Labute approximate surface area is 122 Å². The Hall–Kier alpha value is -1.66. The summed E-state index contributed by atoms with van der Waals surface area (Å²) in [6.45, 7) is 3.41. The molecule has 0 bridgehead atoms. The second-order valence-corrected chi connectivity index (χ2v) is 5.30. The number of hydrogen-bond acceptors (Lipinski definition) is 5. The van der Waals surface area contributed by atoms with Crippen molar-refractivity contribution in [1.29, 1.82) is 0 Å². The summed E-state index contributed by atoms with van der Waals surface area (Å²) in [6.07, 6.45) is 1.18. The van der Waals surface area contributed by atoms with E-state index >= 15 is 0 Å². The number of hydrogen-bond donors (Lipinski definition) is 2. The molecule has 0 atom stereocenters. The van der Waals surface area contributed by atoms with Gasteiger partial charge in [-0.3, -0.25) is 4.79 Å². The van der Waals surface area contributed by atoms with Crippen molar-refractivity contribution in [3.05, 3.63) is 28.3 Å². The zero-order valence-corrected chi connectivity index (χ0v) is 12.5. The summed E-state index contributed by atoms with van der Waals surface area (Å²) in [5.74, 6) is 1.27. The van der Waals surface area contributed by atoms with Gasteiger partial charge in [0.05, 0.1) is 12.1 Å². The molecule has 108 valence electrons. The van der Waals surface area contributed by atoms with E-state index in [1.54, 1.807) is 11.3 Å². The van der Waals surface area contributed by atoms with Gasteiger partial charge in [0.15, 0.2) is 0 Å². The molecule has 2 aromatic rings. The number of thiophene rings is 1. The van der Waals surface area contributed by atoms with E-state index < -0.39 is 0 Å². The molecule has 0 aliphatic heterocycles. The molecule has 2 rings (SSSR count). The fraction of sp³-hybridized carbons (Fsp3) is 0.429. The number of carbonyl (C=O) groups excluding carboxylic acids is 1. The summed E-state index contributed by atoms with van der Waals surface area (Å²) in [5.41, 5.74) is 1.66. The van der Waals surface area contributed by atoms with Gasteiger partial charge in [0, 0.05) is 17.5 Å². The first-order valence-corrected chi connectivity index (χ1v) is 7.55. The van der Waals surface area contributed by atoms with Gasteiger partial charge in [-0.05, 0) is 38.4 Å². The van der Waals surface area contributed by atoms with Crippen LogP contribution in [0.15, 0.2) is 21.2 Å². The normalized spacial score (nSPS) is 10.7. The highest BCUT2D eigenvalue weighted by molar-refractivity contribution is 7.08. The smallest absolute Gasteiger partial charge is 0.227 e. The van der Waals surface area contributed by atoms with E-state index in [1.165, 1.54) is 0 Å². The second-order valence-electron chi connectivity index (χ2n) is 4.52. The van der Waals surface area contributed by atoms with E-state index in [2.05, 4.69) is 15.6 Å². The number of amides is 1. The topological polar surface area (TPSA) is 67.2 Å². The average Bonchev–Trinajstić information content (AvgIpc) is 3.05. The number of aromatic nitrogens is 1. The highest BCUT2D eigenvalue weighted by Gasteiger charge is 2.14. The summed E-state index contributed by atoms with van der Waals surface area (Å²) in [6, 6.07) is 1.96. The summed E-state index contributed by atoms with van der Waals surface area (Å²) in [4.78, 5) is 16.2. The molecule has 0 spiro atoms. The molecule has 2 heterocycles. The minimum absolute atomic E-state index is 0.0191. The van der Waals surface area contributed by atoms with Crippen molar-refractivity contribution in [3.8, 4) is 11.5 Å². The van der Waals surface area contributed by atoms with Gasteiger partial charge in [0.25, 0.3) is 0 Å². The van der Waals surface area contributed by atoms with Crippen molar-refractivity contribution in [2.24, 2.45) is 0 Å². The molecule has 0 fully saturated rings. The van der Waals surface area contributed by atoms with Gasteiger partial charge < -0.3 is 15.1 Å². The monoisotopic (exact) mass is 293 g/mol. The third-order valence-electron chi connectivity index (χ3n) is 2.91. The molecule has 6 heteroatoms. The first-order valence-electron chi connectivity index (χ1n) is 6.61. The van der Waals surface area contributed by atoms with Gasteiger partial charge >= 0.3 is 0 Å². The highest BCUT2D eigenvalue weighted by atomic mass is 32.1. The standard InChI is InChI=1S/C14H19N3O2S/c1-10-12(8-13(18)16-6-3-5-15-2)17-14(19-10)11-4-7-20-9-11/h4,7,9,15H,3,5-6,8H2,1-2H3,(H,16,18). The molecule has 5 nitrogen and oxygen atoms in total. The van der Waals surface area contributed by atoms with Crippen LogP contribution in [0.2, 0.25) is 0 Å². The van der Waals surface area contributed by atoms with Crippen LogP contribution in [-0.4, -0.2) is 31.0 Å². The molecule has 0 aliphatic rings. The van der Waals surface area contributed by atoms with E-state index in [0.717, 1.165) is 18.5 Å². The lowest BCUT2D eigenvalue weighted by molar-refractivity contribution is -0.120. The molecule has 0 saturated heterocycles. The Kier molecular flexibility index (Phi) is 5.31. The molecule has 0 radical (unpaired) electrons. The van der Waals surface area contributed by atoms with E-state index in [1.807, 2.05) is 30.8 Å². The van der Waals surface area contributed by atoms with Crippen molar-refractivity contribution in [2.75, 3.05) is 20.1 Å². The Bertz CT molecular complexity index is 549. The minimum atomic E-state index is -0.0191. The van der Waals surface area contributed by atoms with E-state index in [9.17, 15) is 4.79 Å². The van der Waals surface area contributed by atoms with Crippen molar-refractivity contribution in [3.63, 3.8) is 0 Å². The Morgan fingerprint density at radius 1 is 1.45 bits per heavy atom. The molecule has 0 saturated carbocycles. The molecule has 1 amide bonds. The fourth-order valence-corrected chi connectivity index (χ4v) is 2.44. The second kappa shape index (κ2) is 7.21. The van der Waals surface area contributed by atoms with Gasteiger partial charge in [-0.15, -0.1) is 0 Å². The predicted octanol–water partition coefficient (Wildman–Crippen LogP) is 1.98. The molecule has 2 N–H and O–H groups in total. The molecule has 20 heavy (non-hydrogen) atoms. The zero-order valence-electron chi connectivity index (χ0n) is 11.7. The average molecular weight is 293 g/mol. The van der Waals surface area contributed by atoms with Gasteiger partial charge in [-0.2, -0.15) is 11.3 Å². The van der Waals surface area contributed by atoms with Crippen LogP contribution >= 0.6 is 11.3 Å². The van der Waals surface area contributed by atoms with Gasteiger partial charge in [0.2, 0.25) is 11.8 Å². The van der Waals surface area contributed by atoms with Crippen molar-refractivity contribution in [1.82, 2.24) is 15.6 Å². The third kappa shape index (κ3) is 3.91. The Morgan fingerprint density at radius 3 is 3.00 bits per heavy atom. The van der Waals surface area contributed by atoms with E-state index in [0.29, 0.717) is 23.9 Å². The lowest BCUT2D eigenvalue weighted by Crippen LogP contribution is -2.28. The maximum atomic E-state index is 11.8. The maximum Gasteiger partial charge on any atom is 0.227 e. The highest BCUT2D eigenvalue weighted by Crippen LogP contribution is 2.23. The quantitative estimate of drug-likeness (QED) is 0.766. The maximum absolute atomic E-state index is 11.8. The van der Waals surface area contributed by atoms with Crippen LogP contribution in [0.3, 0.4) is 0 Å². The number of carbonyl (C=O) groups is 1. The van der Waals surface area contributed by atoms with Gasteiger partial charge in [-0.25, -0.2) is 4.98 Å². The minimum Gasteiger partial charge on any atom is -0.441 e. The summed E-state index contributed by atoms with van der Waals surface area (Å²) in [5, 5.41) is 9.87. The Balaban J connectivity index is 1.91. The van der Waals surface area contributed by atoms with Crippen LogP contribution in [0.5, 0.6) is 0 Å². The van der Waals surface area contributed by atoms with Gasteiger partial charge in [-0.1, -0.05) is 0 Å². The summed E-state index contributed by atoms with van der Waals surface area (Å²) in [7, 11) is 1.90. The first-order chi connectivity index (χ1) is 9.70. The van der Waals surface area contributed by atoms with Crippen molar-refractivity contribution < 1.29 is 9.21 Å². The van der Waals surface area contributed by atoms with E-state index in [-0.39, 0.29) is 12.3 Å². The lowest BCUT2D eigenvalue weighted by atomic mass is 10.2. The summed E-state index contributed by atoms with van der Waals surface area (Å²) >= 11 is 1.59. The Morgan fingerprint density at radius 2 is 2.30 bits per heavy atom. The van der Waals surface area contributed by atoms with Gasteiger partial charge in [0.1, 0.15) is 5.76 Å². The van der Waals surface area contributed by atoms with Crippen LogP contribution in [0.25, 0.3) is 11.5 Å². The van der Waals surface area contributed by atoms with Crippen LogP contribution in [0.4, 0.5) is 0 Å². The molecular formula is C14H19N3O2S. The first kappa shape index (κ1) is 14.7. The largest absolute Gasteiger partial charge is 0.441 e. The van der Waals surface area contributed by atoms with Crippen LogP contribution in [0.1, 0.15) is 17.9 Å². The number of nitrogens with one attached hydrogen (secondary N) is 2.